The molecule has 9 heteroatoms. The zero-order chi connectivity index (χ0) is 26.2. The van der Waals surface area contributed by atoms with Crippen LogP contribution in [-0.2, 0) is 6.54 Å². The number of amides is 1. The summed E-state index contributed by atoms with van der Waals surface area (Å²) in [6.07, 6.45) is 4.33. The average molecular weight is 507 g/mol. The van der Waals surface area contributed by atoms with Gasteiger partial charge in [-0.15, -0.1) is 0 Å². The Kier molecular flexibility index (Phi) is 5.94. The molecule has 3 aromatic heterocycles. The monoisotopic (exact) mass is 506 g/mol. The van der Waals surface area contributed by atoms with Gasteiger partial charge in [-0.1, -0.05) is 6.07 Å². The van der Waals surface area contributed by atoms with E-state index < -0.39 is 6.09 Å². The fourth-order valence-corrected chi connectivity index (χ4v) is 5.10. The summed E-state index contributed by atoms with van der Waals surface area (Å²) in [6.45, 7) is 5.23. The largest absolute Gasteiger partial charge is 0.465 e. The molecule has 1 saturated heterocycles. The lowest BCUT2D eigenvalue weighted by Crippen LogP contribution is -2.47. The molecule has 1 amide bonds. The third kappa shape index (κ3) is 4.31. The minimum atomic E-state index is -0.860. The maximum Gasteiger partial charge on any atom is 0.407 e. The van der Waals surface area contributed by atoms with Crippen LogP contribution < -0.4 is 5.32 Å². The van der Waals surface area contributed by atoms with Crippen LogP contribution in [0.3, 0.4) is 0 Å². The van der Waals surface area contributed by atoms with Gasteiger partial charge in [0.1, 0.15) is 17.4 Å². The molecule has 1 fully saturated rings. The molecule has 2 aromatic carbocycles. The molecule has 38 heavy (non-hydrogen) atoms. The smallest absolute Gasteiger partial charge is 0.407 e. The Morgan fingerprint density at radius 3 is 2.79 bits per heavy atom. The lowest BCUT2D eigenvalue weighted by molar-refractivity contribution is 0.103. The zero-order valence-corrected chi connectivity index (χ0v) is 20.9. The van der Waals surface area contributed by atoms with Crippen LogP contribution in [0.15, 0.2) is 65.5 Å². The molecule has 0 spiro atoms. The van der Waals surface area contributed by atoms with Crippen molar-refractivity contribution in [2.24, 2.45) is 0 Å². The lowest BCUT2D eigenvalue weighted by Gasteiger charge is -2.33. The number of H-pyrrole nitrogens is 1. The fourth-order valence-electron chi connectivity index (χ4n) is 5.10. The van der Waals surface area contributed by atoms with Crippen molar-refractivity contribution in [3.63, 3.8) is 0 Å². The summed E-state index contributed by atoms with van der Waals surface area (Å²) in [4.78, 5) is 22.4. The number of benzene rings is 2. The van der Waals surface area contributed by atoms with E-state index in [2.05, 4.69) is 39.2 Å². The van der Waals surface area contributed by atoms with Gasteiger partial charge in [-0.2, -0.15) is 5.26 Å². The molecule has 4 heterocycles. The molecule has 0 radical (unpaired) electrons. The molecule has 190 valence electrons. The number of nitrogens with zero attached hydrogens (tertiary/aromatic N) is 4. The second kappa shape index (κ2) is 9.57. The van der Waals surface area contributed by atoms with E-state index in [9.17, 15) is 15.2 Å². The topological polar surface area (TPSA) is 121 Å². The van der Waals surface area contributed by atoms with Gasteiger partial charge in [0.2, 0.25) is 0 Å². The summed E-state index contributed by atoms with van der Waals surface area (Å²) in [5, 5.41) is 24.6. The Labute approximate surface area is 218 Å². The average Bonchev–Trinajstić information content (AvgIpc) is 3.58. The van der Waals surface area contributed by atoms with E-state index in [1.165, 1.54) is 4.90 Å². The van der Waals surface area contributed by atoms with Crippen molar-refractivity contribution in [2.45, 2.75) is 13.5 Å². The Morgan fingerprint density at radius 1 is 1.16 bits per heavy atom. The number of aromatic nitrogens is 2. The molecular formula is C29H26N6O3. The van der Waals surface area contributed by atoms with Crippen LogP contribution in [-0.4, -0.2) is 57.1 Å². The number of hydrogen-bond acceptors (Lipinski definition) is 6. The number of furan rings is 1. The molecule has 5 aromatic rings. The van der Waals surface area contributed by atoms with Gasteiger partial charge < -0.3 is 24.7 Å². The van der Waals surface area contributed by atoms with E-state index in [0.29, 0.717) is 48.8 Å². The van der Waals surface area contributed by atoms with Crippen LogP contribution in [0.5, 0.6) is 0 Å². The quantitative estimate of drug-likeness (QED) is 0.280. The van der Waals surface area contributed by atoms with Crippen LogP contribution in [0.4, 0.5) is 16.2 Å². The number of nitrogens with one attached hydrogen (secondary N) is 2. The summed E-state index contributed by atoms with van der Waals surface area (Å²) in [5.74, 6) is 0.625. The Morgan fingerprint density at radius 2 is 2.00 bits per heavy atom. The van der Waals surface area contributed by atoms with E-state index in [4.69, 9.17) is 4.42 Å². The number of carbonyl (C=O) groups is 1. The van der Waals surface area contributed by atoms with E-state index in [1.54, 1.807) is 12.4 Å². The van der Waals surface area contributed by atoms with Gasteiger partial charge in [0.05, 0.1) is 16.8 Å². The second-order valence-electron chi connectivity index (χ2n) is 9.55. The number of rotatable bonds is 5. The fraction of sp³-hybridized carbons (Fsp3) is 0.207. The van der Waals surface area contributed by atoms with Gasteiger partial charge in [0.25, 0.3) is 0 Å². The number of aryl methyl sites for hydroxylation is 1. The van der Waals surface area contributed by atoms with Crippen LogP contribution >= 0.6 is 0 Å². The highest BCUT2D eigenvalue weighted by Crippen LogP contribution is 2.37. The first-order chi connectivity index (χ1) is 18.5. The second-order valence-corrected chi connectivity index (χ2v) is 9.55. The van der Waals surface area contributed by atoms with Crippen molar-refractivity contribution in [1.29, 1.82) is 5.26 Å². The Hall–Kier alpha value is -4.81. The van der Waals surface area contributed by atoms with Crippen molar-refractivity contribution >= 4 is 39.3 Å². The number of carboxylic acid groups (broad SMARTS) is 1. The molecule has 0 unspecified atom stereocenters. The molecule has 3 N–H and O–H groups in total. The predicted molar refractivity (Wildman–Crippen MR) is 145 cm³/mol. The first-order valence-corrected chi connectivity index (χ1v) is 12.4. The molecule has 9 nitrogen and oxygen atoms in total. The lowest BCUT2D eigenvalue weighted by atomic mass is 10.1. The summed E-state index contributed by atoms with van der Waals surface area (Å²) < 4.78 is 6.23. The molecule has 0 bridgehead atoms. The van der Waals surface area contributed by atoms with Crippen molar-refractivity contribution in [1.82, 2.24) is 19.8 Å². The molecular weight excluding hydrogens is 480 g/mol. The number of fused-ring (bicyclic) bond motifs is 2. The minimum Gasteiger partial charge on any atom is -0.465 e. The number of nitriles is 1. The van der Waals surface area contributed by atoms with Crippen molar-refractivity contribution in [3.8, 4) is 17.4 Å². The van der Waals surface area contributed by atoms with Crippen molar-refractivity contribution in [3.05, 3.63) is 77.7 Å². The predicted octanol–water partition coefficient (Wildman–Crippen LogP) is 5.70. The maximum absolute atomic E-state index is 11.2. The van der Waals surface area contributed by atoms with Gasteiger partial charge in [0, 0.05) is 73.3 Å². The van der Waals surface area contributed by atoms with Crippen molar-refractivity contribution in [2.75, 3.05) is 31.5 Å². The summed E-state index contributed by atoms with van der Waals surface area (Å²) >= 11 is 0. The molecule has 6 rings (SSSR count). The van der Waals surface area contributed by atoms with Gasteiger partial charge in [-0.3, -0.25) is 9.88 Å². The normalized spacial score (nSPS) is 14.2. The highest BCUT2D eigenvalue weighted by molar-refractivity contribution is 5.92. The van der Waals surface area contributed by atoms with Crippen LogP contribution in [0.25, 0.3) is 33.2 Å². The number of pyridine rings is 1. The summed E-state index contributed by atoms with van der Waals surface area (Å²) in [5.41, 5.74) is 6.70. The van der Waals surface area contributed by atoms with E-state index in [0.717, 1.165) is 45.2 Å². The highest BCUT2D eigenvalue weighted by atomic mass is 16.4. The van der Waals surface area contributed by atoms with Gasteiger partial charge in [-0.05, 0) is 54.4 Å². The van der Waals surface area contributed by atoms with E-state index >= 15 is 0 Å². The van der Waals surface area contributed by atoms with Crippen LogP contribution in [0, 0.1) is 18.3 Å². The van der Waals surface area contributed by atoms with Gasteiger partial charge in [-0.25, -0.2) is 4.79 Å². The number of hydrogen-bond donors (Lipinski definition) is 3. The third-order valence-electron chi connectivity index (χ3n) is 7.22. The molecule has 1 aliphatic heterocycles. The Balaban J connectivity index is 1.30. The number of aromatic amines is 1. The highest BCUT2D eigenvalue weighted by Gasteiger charge is 2.21. The molecule has 1 aliphatic rings. The van der Waals surface area contributed by atoms with Crippen LogP contribution in [0.1, 0.15) is 16.7 Å². The van der Waals surface area contributed by atoms with Gasteiger partial charge >= 0.3 is 6.09 Å². The van der Waals surface area contributed by atoms with E-state index in [1.807, 2.05) is 42.6 Å². The van der Waals surface area contributed by atoms with Crippen molar-refractivity contribution < 1.29 is 14.3 Å². The third-order valence-corrected chi connectivity index (χ3v) is 7.22. The number of piperazine rings is 1. The molecule has 0 aliphatic carbocycles. The van der Waals surface area contributed by atoms with Crippen LogP contribution in [0.2, 0.25) is 0 Å². The minimum absolute atomic E-state index is 0.428. The standard InChI is InChI=1S/C29H26N6O3/c1-18-22-6-7-32-25(22)4-3-24(18)33-28-21(14-30)15-31-16-23(28)27-13-20-12-19(2-5-26(20)38-27)17-34-8-10-35(11-9-34)29(36)37/h2-7,12-13,15-16,32H,8-11,17H2,1H3,(H,31,33)(H,36,37). The first kappa shape index (κ1) is 23.6. The Bertz CT molecular complexity index is 1700. The first-order valence-electron chi connectivity index (χ1n) is 12.4. The SMILES string of the molecule is Cc1c(Nc2c(C#N)cncc2-c2cc3cc(CN4CCN(C(=O)O)CC4)ccc3o2)ccc2[nH]ccc12. The van der Waals surface area contributed by atoms with E-state index in [-0.39, 0.29) is 0 Å². The van der Waals surface area contributed by atoms with Gasteiger partial charge in [0.15, 0.2) is 0 Å². The summed E-state index contributed by atoms with van der Waals surface area (Å²) in [6, 6.07) is 16.4. The number of anilines is 2. The molecule has 0 atom stereocenters. The maximum atomic E-state index is 11.2. The zero-order valence-electron chi connectivity index (χ0n) is 20.9. The molecule has 0 saturated carbocycles. The summed E-state index contributed by atoms with van der Waals surface area (Å²) in [7, 11) is 0.